The number of H-pyrrole nitrogens is 1. The van der Waals surface area contributed by atoms with Gasteiger partial charge in [-0.3, -0.25) is 9.89 Å². The smallest absolute Gasteiger partial charge is 0.233 e. The molecule has 100 valence electrons. The van der Waals surface area contributed by atoms with Gasteiger partial charge in [-0.25, -0.2) is 0 Å². The lowest BCUT2D eigenvalue weighted by molar-refractivity contribution is -0.117. The number of amides is 1. The molecule has 2 aromatic heterocycles. The number of fused-ring (bicyclic) bond motifs is 1. The molecule has 19 heavy (non-hydrogen) atoms. The molecule has 0 aliphatic heterocycles. The Kier molecular flexibility index (Phi) is 3.38. The Bertz CT molecular complexity index is 587. The molecule has 4 nitrogen and oxygen atoms in total. The molecule has 0 saturated carbocycles. The summed E-state index contributed by atoms with van der Waals surface area (Å²) in [5.41, 5.74) is 2.25. The van der Waals surface area contributed by atoms with Crippen molar-refractivity contribution in [3.05, 3.63) is 33.6 Å². The van der Waals surface area contributed by atoms with Gasteiger partial charge in [-0.15, -0.1) is 11.3 Å². The van der Waals surface area contributed by atoms with Crippen molar-refractivity contribution >= 4 is 23.1 Å². The molecule has 5 heteroatoms. The predicted molar refractivity (Wildman–Crippen MR) is 76.6 cm³/mol. The van der Waals surface area contributed by atoms with Gasteiger partial charge in [-0.05, 0) is 42.7 Å². The van der Waals surface area contributed by atoms with E-state index in [1.807, 2.05) is 6.07 Å². The first kappa shape index (κ1) is 12.4. The molecule has 0 bridgehead atoms. The zero-order valence-electron chi connectivity index (χ0n) is 10.9. The van der Waals surface area contributed by atoms with E-state index >= 15 is 0 Å². The Morgan fingerprint density at radius 2 is 2.53 bits per heavy atom. The predicted octanol–water partition coefficient (Wildman–Crippen LogP) is 3.09. The molecule has 3 rings (SSSR count). The number of nitrogens with one attached hydrogen (secondary N) is 2. The zero-order chi connectivity index (χ0) is 13.2. The average molecular weight is 275 g/mol. The first-order valence-corrected chi connectivity index (χ1v) is 7.57. The summed E-state index contributed by atoms with van der Waals surface area (Å²) in [4.78, 5) is 13.7. The van der Waals surface area contributed by atoms with Crippen molar-refractivity contribution in [1.82, 2.24) is 10.2 Å². The molecule has 0 saturated heterocycles. The van der Waals surface area contributed by atoms with Gasteiger partial charge >= 0.3 is 0 Å². The maximum Gasteiger partial charge on any atom is 0.233 e. The molecule has 1 unspecified atom stereocenters. The van der Waals surface area contributed by atoms with E-state index in [0.29, 0.717) is 5.82 Å². The summed E-state index contributed by atoms with van der Waals surface area (Å²) in [6.07, 6.45) is 4.02. The largest absolute Gasteiger partial charge is 0.309 e. The van der Waals surface area contributed by atoms with E-state index in [4.69, 9.17) is 0 Å². The average Bonchev–Trinajstić information content (AvgIpc) is 3.05. The van der Waals surface area contributed by atoms with Gasteiger partial charge in [0.25, 0.3) is 0 Å². The van der Waals surface area contributed by atoms with E-state index in [9.17, 15) is 4.79 Å². The van der Waals surface area contributed by atoms with E-state index in [1.165, 1.54) is 10.4 Å². The van der Waals surface area contributed by atoms with Crippen LogP contribution < -0.4 is 5.32 Å². The molecule has 1 amide bonds. The lowest BCUT2D eigenvalue weighted by Crippen LogP contribution is -2.24. The van der Waals surface area contributed by atoms with Crippen molar-refractivity contribution in [2.24, 2.45) is 0 Å². The number of nitrogens with zero attached hydrogens (tertiary/aromatic N) is 1. The number of hydrogen-bond donors (Lipinski definition) is 2. The van der Waals surface area contributed by atoms with Crippen LogP contribution in [0.5, 0.6) is 0 Å². The third-order valence-electron chi connectivity index (χ3n) is 3.63. The highest BCUT2D eigenvalue weighted by Gasteiger charge is 2.27. The lowest BCUT2D eigenvalue weighted by Gasteiger charge is -2.21. The summed E-state index contributed by atoms with van der Waals surface area (Å²) in [6.45, 7) is 2.05. The first-order chi connectivity index (χ1) is 9.28. The molecule has 2 aromatic rings. The normalized spacial score (nSPS) is 18.1. The van der Waals surface area contributed by atoms with Crippen molar-refractivity contribution in [1.29, 1.82) is 0 Å². The summed E-state index contributed by atoms with van der Waals surface area (Å²) in [6, 6.07) is 3.99. The van der Waals surface area contributed by atoms with E-state index in [1.54, 1.807) is 11.3 Å². The Balaban J connectivity index is 1.75. The molecule has 0 fully saturated rings. The van der Waals surface area contributed by atoms with Gasteiger partial charge in [0.15, 0.2) is 5.82 Å². The van der Waals surface area contributed by atoms with Crippen molar-refractivity contribution in [2.75, 3.05) is 5.32 Å². The van der Waals surface area contributed by atoms with Crippen LogP contribution in [0.15, 0.2) is 17.5 Å². The van der Waals surface area contributed by atoms with Gasteiger partial charge in [0.05, 0.1) is 5.92 Å². The Morgan fingerprint density at radius 1 is 1.63 bits per heavy atom. The number of thiophene rings is 1. The van der Waals surface area contributed by atoms with Gasteiger partial charge in [-0.1, -0.05) is 6.92 Å². The number of aryl methyl sites for hydroxylation is 2. The number of aromatic nitrogens is 2. The standard InChI is InChI=1S/C14H17N3OS/c1-2-9-8-13(17-16-9)15-14(18)11-4-3-5-12-10(11)6-7-19-12/h6-8,11H,2-5H2,1H3,(H2,15,16,17,18). The Hall–Kier alpha value is -1.62. The maximum absolute atomic E-state index is 12.4. The van der Waals surface area contributed by atoms with E-state index < -0.39 is 0 Å². The van der Waals surface area contributed by atoms with Crippen LogP contribution in [0.1, 0.15) is 41.8 Å². The molecule has 0 aromatic carbocycles. The Morgan fingerprint density at radius 3 is 3.32 bits per heavy atom. The van der Waals surface area contributed by atoms with E-state index in [0.717, 1.165) is 31.4 Å². The fraction of sp³-hybridized carbons (Fsp3) is 0.429. The second kappa shape index (κ2) is 5.17. The molecule has 2 N–H and O–H groups in total. The summed E-state index contributed by atoms with van der Waals surface area (Å²) < 4.78 is 0. The van der Waals surface area contributed by atoms with Gasteiger partial charge in [0.2, 0.25) is 5.91 Å². The second-order valence-corrected chi connectivity index (χ2v) is 5.87. The minimum absolute atomic E-state index is 0.0169. The van der Waals surface area contributed by atoms with Gasteiger partial charge in [-0.2, -0.15) is 5.10 Å². The van der Waals surface area contributed by atoms with Crippen molar-refractivity contribution < 1.29 is 4.79 Å². The SMILES string of the molecule is CCc1cc(NC(=O)C2CCCc3sccc32)n[nH]1. The summed E-state index contributed by atoms with van der Waals surface area (Å²) in [7, 11) is 0. The molecule has 2 heterocycles. The minimum Gasteiger partial charge on any atom is -0.309 e. The van der Waals surface area contributed by atoms with Crippen LogP contribution in [0.2, 0.25) is 0 Å². The van der Waals surface area contributed by atoms with Crippen LogP contribution in [0.4, 0.5) is 5.82 Å². The summed E-state index contributed by atoms with van der Waals surface area (Å²) >= 11 is 1.76. The van der Waals surface area contributed by atoms with Crippen molar-refractivity contribution in [3.8, 4) is 0 Å². The Labute approximate surface area is 116 Å². The third-order valence-corrected chi connectivity index (χ3v) is 4.63. The van der Waals surface area contributed by atoms with Crippen LogP contribution in [0.3, 0.4) is 0 Å². The molecule has 0 spiro atoms. The number of rotatable bonds is 3. The quantitative estimate of drug-likeness (QED) is 0.904. The van der Waals surface area contributed by atoms with E-state index in [2.05, 4.69) is 33.9 Å². The monoisotopic (exact) mass is 275 g/mol. The lowest BCUT2D eigenvalue weighted by atomic mass is 9.87. The zero-order valence-corrected chi connectivity index (χ0v) is 11.7. The van der Waals surface area contributed by atoms with Crippen LogP contribution in [-0.4, -0.2) is 16.1 Å². The molecule has 1 atom stereocenters. The molecular formula is C14H17N3OS. The highest BCUT2D eigenvalue weighted by molar-refractivity contribution is 7.10. The van der Waals surface area contributed by atoms with Gasteiger partial charge in [0.1, 0.15) is 0 Å². The fourth-order valence-corrected chi connectivity index (χ4v) is 3.57. The molecule has 1 aliphatic rings. The summed E-state index contributed by atoms with van der Waals surface area (Å²) in [5.74, 6) is 0.675. The highest BCUT2D eigenvalue weighted by Crippen LogP contribution is 2.35. The number of aromatic amines is 1. The number of carbonyl (C=O) groups excluding carboxylic acids is 1. The number of hydrogen-bond acceptors (Lipinski definition) is 3. The molecular weight excluding hydrogens is 258 g/mol. The maximum atomic E-state index is 12.4. The number of carbonyl (C=O) groups is 1. The van der Waals surface area contributed by atoms with Crippen LogP contribution in [0.25, 0.3) is 0 Å². The third kappa shape index (κ3) is 2.42. The topological polar surface area (TPSA) is 57.8 Å². The second-order valence-electron chi connectivity index (χ2n) is 4.87. The number of anilines is 1. The van der Waals surface area contributed by atoms with E-state index in [-0.39, 0.29) is 11.8 Å². The van der Waals surface area contributed by atoms with Gasteiger partial charge in [0, 0.05) is 16.6 Å². The van der Waals surface area contributed by atoms with Gasteiger partial charge < -0.3 is 5.32 Å². The fourth-order valence-electron chi connectivity index (χ4n) is 2.58. The van der Waals surface area contributed by atoms with Crippen LogP contribution >= 0.6 is 11.3 Å². The van der Waals surface area contributed by atoms with Crippen LogP contribution in [-0.2, 0) is 17.6 Å². The molecule has 1 aliphatic carbocycles. The van der Waals surface area contributed by atoms with Crippen molar-refractivity contribution in [2.45, 2.75) is 38.5 Å². The van der Waals surface area contributed by atoms with Crippen LogP contribution in [0, 0.1) is 0 Å². The molecule has 0 radical (unpaired) electrons. The summed E-state index contributed by atoms with van der Waals surface area (Å²) in [5, 5.41) is 12.0. The first-order valence-electron chi connectivity index (χ1n) is 6.69. The van der Waals surface area contributed by atoms with Crippen molar-refractivity contribution in [3.63, 3.8) is 0 Å². The highest BCUT2D eigenvalue weighted by atomic mass is 32.1. The minimum atomic E-state index is -0.0169.